The van der Waals surface area contributed by atoms with Gasteiger partial charge in [-0.1, -0.05) is 214 Å². The molecule has 1 rings (SSSR count). The van der Waals surface area contributed by atoms with Gasteiger partial charge in [0.1, 0.15) is 18.8 Å². The average molecular weight is 1130 g/mol. The van der Waals surface area contributed by atoms with Crippen LogP contribution in [0.15, 0.2) is 109 Å². The van der Waals surface area contributed by atoms with E-state index in [0.29, 0.717) is 19.3 Å². The van der Waals surface area contributed by atoms with E-state index in [0.717, 1.165) is 154 Å². The number of aliphatic hydroxyl groups excluding tert-OH is 2. The molecule has 0 radical (unpaired) electrons. The number of rotatable bonds is 53. The Labute approximate surface area is 491 Å². The third-order valence-electron chi connectivity index (χ3n) is 13.8. The molecule has 0 amide bonds. The Morgan fingerprint density at radius 3 is 1.20 bits per heavy atom. The van der Waals surface area contributed by atoms with Crippen molar-refractivity contribution in [1.29, 1.82) is 0 Å². The summed E-state index contributed by atoms with van der Waals surface area (Å²) in [6.45, 7) is 5.80. The lowest BCUT2D eigenvalue weighted by molar-refractivity contribution is -0.301. The van der Waals surface area contributed by atoms with E-state index < -0.39 is 67.3 Å². The summed E-state index contributed by atoms with van der Waals surface area (Å²) in [6, 6.07) is 0. The van der Waals surface area contributed by atoms with Crippen LogP contribution in [-0.2, 0) is 42.9 Å². The molecule has 1 saturated heterocycles. The molecule has 1 aliphatic heterocycles. The normalized spacial score (nSPS) is 18.5. The first kappa shape index (κ1) is 74.4. The number of carbonyl (C=O) groups is 4. The van der Waals surface area contributed by atoms with Crippen LogP contribution in [0.3, 0.4) is 0 Å². The van der Waals surface area contributed by atoms with E-state index in [1.165, 1.54) is 38.5 Å². The number of ether oxygens (including phenoxy) is 5. The Hall–Kier alpha value is -4.62. The van der Waals surface area contributed by atoms with Gasteiger partial charge in [0.15, 0.2) is 24.6 Å². The van der Waals surface area contributed by atoms with Gasteiger partial charge in [-0.15, -0.1) is 0 Å². The van der Waals surface area contributed by atoms with E-state index in [1.54, 1.807) is 0 Å². The van der Waals surface area contributed by atoms with Crippen molar-refractivity contribution < 1.29 is 58.2 Å². The largest absolute Gasteiger partial charge is 0.479 e. The van der Waals surface area contributed by atoms with Crippen LogP contribution < -0.4 is 0 Å². The van der Waals surface area contributed by atoms with Crippen molar-refractivity contribution in [1.82, 2.24) is 0 Å². The predicted molar refractivity (Wildman–Crippen MR) is 330 cm³/mol. The van der Waals surface area contributed by atoms with Crippen LogP contribution in [0.25, 0.3) is 0 Å². The minimum absolute atomic E-state index is 0.0353. The smallest absolute Gasteiger partial charge is 0.335 e. The highest BCUT2D eigenvalue weighted by atomic mass is 16.7. The highest BCUT2D eigenvalue weighted by Crippen LogP contribution is 2.26. The zero-order chi connectivity index (χ0) is 58.9. The molecule has 1 aliphatic rings. The molecule has 0 aliphatic carbocycles. The summed E-state index contributed by atoms with van der Waals surface area (Å²) in [6.07, 6.45) is 63.2. The highest BCUT2D eigenvalue weighted by Gasteiger charge is 2.50. The monoisotopic (exact) mass is 1130 g/mol. The SMILES string of the molecule is CC/C=C\C/C=C\C/C=C\C/C=C\C/C=C\CCCCCC(=O)OCC(COC1OC(C(=O)O)C(O)C(O)C1OC(=O)CCCCCCC/C=C\C/C=C\CCCCC)OC(=O)CCCCCCCCC/C=C\C/C=C\CCCCC. The number of hydrogen-bond donors (Lipinski definition) is 3. The first-order valence-corrected chi connectivity index (χ1v) is 31.9. The van der Waals surface area contributed by atoms with Gasteiger partial charge >= 0.3 is 23.9 Å². The topological polar surface area (TPSA) is 175 Å². The van der Waals surface area contributed by atoms with E-state index >= 15 is 0 Å². The van der Waals surface area contributed by atoms with E-state index in [1.807, 2.05) is 0 Å². The first-order valence-electron chi connectivity index (χ1n) is 31.9. The summed E-state index contributed by atoms with van der Waals surface area (Å²) in [4.78, 5) is 51.3. The molecule has 1 heterocycles. The Bertz CT molecular complexity index is 1820. The summed E-state index contributed by atoms with van der Waals surface area (Å²) in [5.74, 6) is -3.20. The molecular weight excluding hydrogens is 1020 g/mol. The van der Waals surface area contributed by atoms with Gasteiger partial charge in [0.2, 0.25) is 0 Å². The van der Waals surface area contributed by atoms with Gasteiger partial charge in [0, 0.05) is 19.3 Å². The van der Waals surface area contributed by atoms with Crippen molar-refractivity contribution >= 4 is 23.9 Å². The number of hydrogen-bond acceptors (Lipinski definition) is 11. The van der Waals surface area contributed by atoms with Crippen LogP contribution >= 0.6 is 0 Å². The molecule has 6 atom stereocenters. The number of unbranched alkanes of at least 4 members (excludes halogenated alkanes) is 21. The molecule has 3 N–H and O–H groups in total. The second kappa shape index (κ2) is 55.9. The van der Waals surface area contributed by atoms with Crippen molar-refractivity contribution in [3.05, 3.63) is 109 Å². The number of esters is 3. The van der Waals surface area contributed by atoms with Crippen molar-refractivity contribution in [2.45, 2.75) is 289 Å². The average Bonchev–Trinajstić information content (AvgIpc) is 3.53. The predicted octanol–water partition coefficient (Wildman–Crippen LogP) is 17.0. The van der Waals surface area contributed by atoms with Gasteiger partial charge in [-0.05, 0) is 128 Å². The van der Waals surface area contributed by atoms with Crippen molar-refractivity contribution in [2.24, 2.45) is 0 Å². The fourth-order valence-corrected chi connectivity index (χ4v) is 8.92. The summed E-state index contributed by atoms with van der Waals surface area (Å²) >= 11 is 0. The summed E-state index contributed by atoms with van der Waals surface area (Å²) in [7, 11) is 0. The minimum Gasteiger partial charge on any atom is -0.479 e. The molecule has 0 saturated carbocycles. The molecule has 0 aromatic heterocycles. The summed E-state index contributed by atoms with van der Waals surface area (Å²) < 4.78 is 28.5. The van der Waals surface area contributed by atoms with Crippen LogP contribution in [0.1, 0.15) is 252 Å². The lowest BCUT2D eigenvalue weighted by Gasteiger charge is -2.40. The third-order valence-corrected chi connectivity index (χ3v) is 13.8. The number of aliphatic hydroxyl groups is 2. The number of allylic oxidation sites excluding steroid dienone is 18. The summed E-state index contributed by atoms with van der Waals surface area (Å²) in [5, 5.41) is 31.6. The van der Waals surface area contributed by atoms with Gasteiger partial charge in [-0.25, -0.2) is 4.79 Å². The van der Waals surface area contributed by atoms with Crippen LogP contribution in [0.5, 0.6) is 0 Å². The van der Waals surface area contributed by atoms with E-state index in [2.05, 4.69) is 130 Å². The lowest BCUT2D eigenvalue weighted by Crippen LogP contribution is -2.61. The zero-order valence-electron chi connectivity index (χ0n) is 50.7. The minimum atomic E-state index is -1.92. The van der Waals surface area contributed by atoms with Gasteiger partial charge in [0.25, 0.3) is 0 Å². The molecule has 81 heavy (non-hydrogen) atoms. The van der Waals surface area contributed by atoms with Gasteiger partial charge in [0.05, 0.1) is 6.61 Å². The van der Waals surface area contributed by atoms with E-state index in [9.17, 15) is 34.5 Å². The molecule has 1 fully saturated rings. The third kappa shape index (κ3) is 45.6. The number of aliphatic carboxylic acids is 1. The molecule has 12 heteroatoms. The van der Waals surface area contributed by atoms with Crippen LogP contribution in [0.4, 0.5) is 0 Å². The van der Waals surface area contributed by atoms with Gasteiger partial charge < -0.3 is 39.0 Å². The second-order valence-electron chi connectivity index (χ2n) is 21.3. The van der Waals surface area contributed by atoms with Gasteiger partial charge in [-0.3, -0.25) is 14.4 Å². The molecular formula is C69H112O12. The van der Waals surface area contributed by atoms with Crippen LogP contribution in [-0.4, -0.2) is 89.2 Å². The zero-order valence-corrected chi connectivity index (χ0v) is 50.7. The standard InChI is InChI=1S/C69H112O12/c1-4-7-10-13-16-19-22-25-28-30-31-33-35-37-40-43-46-49-52-55-61(70)77-58-60(79-62(71)56-53-50-47-44-41-39-36-32-29-26-23-20-17-14-11-8-5-2)59-78-69-67(65(74)64(73)66(81-69)68(75)76)80-63(72)57-54-51-48-45-42-38-34-27-24-21-18-15-12-9-6-3/h7,10,16-21,25-29,31,33-34,37,40,60,64-67,69,73-74H,4-6,8-9,11-15,22-24,30,32,35-36,38-39,41-59H2,1-3H3,(H,75,76)/b10-7-,19-16-,20-17-,21-18-,28-25-,29-26-,33-31-,34-27-,40-37-. The molecule has 0 aromatic rings. The summed E-state index contributed by atoms with van der Waals surface area (Å²) in [5.41, 5.74) is 0. The molecule has 0 bridgehead atoms. The Kier molecular flexibility index (Phi) is 51.3. The maximum absolute atomic E-state index is 13.2. The maximum Gasteiger partial charge on any atom is 0.335 e. The number of carboxylic acid groups (broad SMARTS) is 1. The molecule has 0 aromatic carbocycles. The second-order valence-corrected chi connectivity index (χ2v) is 21.3. The molecule has 0 spiro atoms. The van der Waals surface area contributed by atoms with Crippen LogP contribution in [0.2, 0.25) is 0 Å². The first-order chi connectivity index (χ1) is 39.6. The number of carboxylic acids is 1. The molecule has 12 nitrogen and oxygen atoms in total. The van der Waals surface area contributed by atoms with Crippen molar-refractivity contribution in [2.75, 3.05) is 13.2 Å². The maximum atomic E-state index is 13.2. The van der Waals surface area contributed by atoms with Crippen LogP contribution in [0, 0.1) is 0 Å². The van der Waals surface area contributed by atoms with Gasteiger partial charge in [-0.2, -0.15) is 0 Å². The molecule has 460 valence electrons. The fraction of sp³-hybridized carbons (Fsp3) is 0.681. The van der Waals surface area contributed by atoms with Crippen molar-refractivity contribution in [3.8, 4) is 0 Å². The Balaban J connectivity index is 2.72. The molecule has 6 unspecified atom stereocenters. The quantitative estimate of drug-likeness (QED) is 0.0228. The Morgan fingerprint density at radius 2 is 0.778 bits per heavy atom. The fourth-order valence-electron chi connectivity index (χ4n) is 8.92. The van der Waals surface area contributed by atoms with Crippen molar-refractivity contribution in [3.63, 3.8) is 0 Å². The van der Waals surface area contributed by atoms with E-state index in [4.69, 9.17) is 23.7 Å². The lowest BCUT2D eigenvalue weighted by atomic mass is 9.98. The highest BCUT2D eigenvalue weighted by molar-refractivity contribution is 5.74. The number of carbonyl (C=O) groups excluding carboxylic acids is 3. The Morgan fingerprint density at radius 1 is 0.420 bits per heavy atom. The van der Waals surface area contributed by atoms with E-state index in [-0.39, 0.29) is 25.9 Å².